The molecule has 0 spiro atoms. The monoisotopic (exact) mass is 742 g/mol. The summed E-state index contributed by atoms with van der Waals surface area (Å²) in [5.41, 5.74) is 8.53. The van der Waals surface area contributed by atoms with Crippen LogP contribution in [0.4, 0.5) is 0 Å². The summed E-state index contributed by atoms with van der Waals surface area (Å²) in [5.74, 6) is 2.06. The molecule has 0 saturated carbocycles. The summed E-state index contributed by atoms with van der Waals surface area (Å²) in [6, 6.07) is 43.0. The van der Waals surface area contributed by atoms with Gasteiger partial charge in [-0.15, -0.1) is 29.7 Å². The second-order valence-electron chi connectivity index (χ2n) is 15.0. The Morgan fingerprint density at radius 1 is 0.620 bits per heavy atom. The molecule has 0 aliphatic heterocycles. The van der Waals surface area contributed by atoms with Crippen LogP contribution >= 0.6 is 0 Å². The number of hydrogen-bond donors (Lipinski definition) is 0. The second-order valence-corrected chi connectivity index (χ2v) is 15.0. The average molecular weight is 743 g/mol. The van der Waals surface area contributed by atoms with Crippen LogP contribution in [0.25, 0.3) is 66.0 Å². The second kappa shape index (κ2) is 11.5. The standard InChI is InChI=1S/C44H36N4O.Pd/c1-43(2,3)33-22-23-34(44(4,5)6)41-40(33)31-21-19-27(25-32(31)42-46-35-14-8-10-16-37(35)48(41)42)49-28-18-20-30-29-13-7-9-15-36(29)47(38(30)26-28)39-17-11-12-24-45-39;/h7-24H,1-6H3;/q-2;+2. The normalized spacial score (nSPS) is 12.4. The number of para-hydroxylation sites is 3. The molecule has 0 unspecified atom stereocenters. The molecular formula is C44H36N4OPd. The molecule has 0 saturated heterocycles. The molecule has 0 amide bonds. The molecule has 50 heavy (non-hydrogen) atoms. The minimum Gasteiger partial charge on any atom is -0.503 e. The van der Waals surface area contributed by atoms with Gasteiger partial charge < -0.3 is 13.7 Å². The summed E-state index contributed by atoms with van der Waals surface area (Å²) in [6.45, 7) is 13.7. The minimum atomic E-state index is -0.0860. The zero-order valence-corrected chi connectivity index (χ0v) is 30.5. The molecule has 4 heterocycles. The molecule has 5 aromatic carbocycles. The first kappa shape index (κ1) is 32.2. The fourth-order valence-electron chi connectivity index (χ4n) is 7.44. The van der Waals surface area contributed by atoms with Gasteiger partial charge in [-0.1, -0.05) is 112 Å². The predicted octanol–water partition coefficient (Wildman–Crippen LogP) is 11.3. The van der Waals surface area contributed by atoms with E-state index in [1.165, 1.54) is 22.0 Å². The molecule has 9 rings (SSSR count). The molecule has 0 N–H and O–H groups in total. The number of ether oxygens (including phenoxy) is 1. The fourth-order valence-corrected chi connectivity index (χ4v) is 7.44. The van der Waals surface area contributed by atoms with Gasteiger partial charge in [0, 0.05) is 28.7 Å². The van der Waals surface area contributed by atoms with Crippen molar-refractivity contribution in [1.82, 2.24) is 18.9 Å². The SMILES string of the molecule is CC(C)(C)c1ccc(C(C)(C)C)c2c1c1ccc(Oc3[c-]c4c(cc3)c3ccccc3n4-c3ccccn3)[c-]c1c1nc3ccccc3n12.[Pd+2]. The number of fused-ring (bicyclic) bond motifs is 11. The van der Waals surface area contributed by atoms with Crippen LogP contribution in [0.3, 0.4) is 0 Å². The van der Waals surface area contributed by atoms with Gasteiger partial charge in [0.1, 0.15) is 5.82 Å². The first-order valence-electron chi connectivity index (χ1n) is 16.9. The third kappa shape index (κ3) is 4.93. The molecule has 0 bridgehead atoms. The van der Waals surface area contributed by atoms with Crippen LogP contribution in [0.1, 0.15) is 52.7 Å². The number of aromatic nitrogens is 4. The minimum absolute atomic E-state index is 0. The molecule has 9 aromatic rings. The molecule has 6 heteroatoms. The van der Waals surface area contributed by atoms with Crippen LogP contribution in [-0.2, 0) is 31.3 Å². The van der Waals surface area contributed by atoms with E-state index in [2.05, 4.69) is 140 Å². The fraction of sp³-hybridized carbons (Fsp3) is 0.182. The Balaban J connectivity index is 0.00000361. The quantitative estimate of drug-likeness (QED) is 0.103. The number of benzene rings is 5. The van der Waals surface area contributed by atoms with E-state index in [-0.39, 0.29) is 31.3 Å². The molecule has 0 atom stereocenters. The zero-order chi connectivity index (χ0) is 33.7. The van der Waals surface area contributed by atoms with Crippen molar-refractivity contribution in [3.8, 4) is 17.3 Å². The van der Waals surface area contributed by atoms with Gasteiger partial charge >= 0.3 is 20.4 Å². The van der Waals surface area contributed by atoms with Crippen molar-refractivity contribution in [2.45, 2.75) is 52.4 Å². The van der Waals surface area contributed by atoms with Crippen molar-refractivity contribution in [3.63, 3.8) is 0 Å². The topological polar surface area (TPSA) is 44.3 Å². The van der Waals surface area contributed by atoms with Gasteiger partial charge in [0.25, 0.3) is 0 Å². The third-order valence-electron chi connectivity index (χ3n) is 9.65. The summed E-state index contributed by atoms with van der Waals surface area (Å²) in [5, 5.41) is 5.53. The van der Waals surface area contributed by atoms with E-state index in [0.717, 1.165) is 55.1 Å². The number of nitrogens with zero attached hydrogens (tertiary/aromatic N) is 4. The summed E-state index contributed by atoms with van der Waals surface area (Å²) in [7, 11) is 0. The van der Waals surface area contributed by atoms with Crippen molar-refractivity contribution >= 4 is 60.2 Å². The Morgan fingerprint density at radius 2 is 1.28 bits per heavy atom. The number of pyridine rings is 2. The van der Waals surface area contributed by atoms with Crippen molar-refractivity contribution < 1.29 is 25.2 Å². The molecule has 248 valence electrons. The molecule has 0 aliphatic carbocycles. The maximum absolute atomic E-state index is 6.61. The maximum atomic E-state index is 6.61. The van der Waals surface area contributed by atoms with Crippen LogP contribution in [-0.4, -0.2) is 18.9 Å². The smallest absolute Gasteiger partial charge is 0.503 e. The Labute approximate surface area is 305 Å². The van der Waals surface area contributed by atoms with Crippen molar-refractivity contribution in [2.75, 3.05) is 0 Å². The van der Waals surface area contributed by atoms with Crippen LogP contribution in [0, 0.1) is 12.1 Å². The van der Waals surface area contributed by atoms with Gasteiger partial charge in [0.15, 0.2) is 0 Å². The van der Waals surface area contributed by atoms with Gasteiger partial charge in [0.2, 0.25) is 0 Å². The molecule has 0 fully saturated rings. The Hall–Kier alpha value is -5.02. The summed E-state index contributed by atoms with van der Waals surface area (Å²) < 4.78 is 11.1. The number of imidazole rings is 1. The van der Waals surface area contributed by atoms with E-state index in [0.29, 0.717) is 11.5 Å². The van der Waals surface area contributed by atoms with E-state index >= 15 is 0 Å². The molecule has 4 aromatic heterocycles. The van der Waals surface area contributed by atoms with Crippen LogP contribution in [0.2, 0.25) is 0 Å². The van der Waals surface area contributed by atoms with Crippen molar-refractivity contribution in [3.05, 3.63) is 133 Å². The van der Waals surface area contributed by atoms with Crippen LogP contribution < -0.4 is 4.74 Å². The Kier molecular flexibility index (Phi) is 7.42. The first-order valence-corrected chi connectivity index (χ1v) is 16.9. The van der Waals surface area contributed by atoms with Crippen LogP contribution in [0.5, 0.6) is 11.5 Å². The first-order chi connectivity index (χ1) is 23.6. The maximum Gasteiger partial charge on any atom is 2.00 e. The Bertz CT molecular complexity index is 2760. The van der Waals surface area contributed by atoms with Gasteiger partial charge in [0.05, 0.1) is 16.7 Å². The van der Waals surface area contributed by atoms with Gasteiger partial charge in [-0.05, 0) is 63.1 Å². The van der Waals surface area contributed by atoms with E-state index in [4.69, 9.17) is 9.72 Å². The molecule has 0 aliphatic rings. The van der Waals surface area contributed by atoms with E-state index in [1.807, 2.05) is 36.5 Å². The summed E-state index contributed by atoms with van der Waals surface area (Å²) in [6.07, 6.45) is 1.82. The number of hydrogen-bond acceptors (Lipinski definition) is 3. The Morgan fingerprint density at radius 3 is 2.02 bits per heavy atom. The van der Waals surface area contributed by atoms with Gasteiger partial charge in [-0.3, -0.25) is 4.98 Å². The molecule has 0 radical (unpaired) electrons. The zero-order valence-electron chi connectivity index (χ0n) is 28.9. The predicted molar refractivity (Wildman–Crippen MR) is 201 cm³/mol. The third-order valence-corrected chi connectivity index (χ3v) is 9.65. The molecule has 5 nitrogen and oxygen atoms in total. The largest absolute Gasteiger partial charge is 2.00 e. The van der Waals surface area contributed by atoms with E-state index < -0.39 is 0 Å². The van der Waals surface area contributed by atoms with Gasteiger partial charge in [-0.25, -0.2) is 4.98 Å². The average Bonchev–Trinajstić information content (AvgIpc) is 3.63. The van der Waals surface area contributed by atoms with Crippen molar-refractivity contribution in [1.29, 1.82) is 0 Å². The summed E-state index contributed by atoms with van der Waals surface area (Å²) >= 11 is 0. The summed E-state index contributed by atoms with van der Waals surface area (Å²) in [4.78, 5) is 9.90. The van der Waals surface area contributed by atoms with Crippen molar-refractivity contribution in [2.24, 2.45) is 0 Å². The van der Waals surface area contributed by atoms with Gasteiger partial charge in [-0.2, -0.15) is 6.07 Å². The van der Waals surface area contributed by atoms with Crippen LogP contribution in [0.15, 0.2) is 109 Å². The van der Waals surface area contributed by atoms with E-state index in [9.17, 15) is 0 Å². The molecular weight excluding hydrogens is 707 g/mol. The number of rotatable bonds is 3. The van der Waals surface area contributed by atoms with E-state index in [1.54, 1.807) is 0 Å².